The van der Waals surface area contributed by atoms with E-state index >= 15 is 0 Å². The summed E-state index contributed by atoms with van der Waals surface area (Å²) in [5.74, 6) is 2.03. The van der Waals surface area contributed by atoms with Crippen molar-refractivity contribution < 1.29 is 19.9 Å². The van der Waals surface area contributed by atoms with Crippen molar-refractivity contribution in [1.29, 1.82) is 0 Å². The maximum atomic E-state index is 5.83. The van der Waals surface area contributed by atoms with Gasteiger partial charge >= 0.3 is 0 Å². The minimum absolute atomic E-state index is 0.0773. The first kappa shape index (κ1) is 13.6. The molecule has 17 heavy (non-hydrogen) atoms. The van der Waals surface area contributed by atoms with Gasteiger partial charge in [-0.05, 0) is 32.9 Å². The van der Waals surface area contributed by atoms with E-state index in [0.717, 1.165) is 11.3 Å². The molecule has 0 heterocycles. The fourth-order valence-corrected chi connectivity index (χ4v) is 1.66. The van der Waals surface area contributed by atoms with E-state index in [0.29, 0.717) is 11.5 Å². The molecule has 0 aliphatic rings. The van der Waals surface area contributed by atoms with Gasteiger partial charge in [-0.2, -0.15) is 0 Å². The maximum Gasteiger partial charge on any atom is 0.203 e. The number of hydrogen-bond donors (Lipinski definition) is 1. The summed E-state index contributed by atoms with van der Waals surface area (Å²) in [5.41, 5.74) is 5.06. The fraction of sp³-hybridized carbons (Fsp3) is 0.538. The molecule has 0 fully saturated rings. The van der Waals surface area contributed by atoms with Crippen molar-refractivity contribution in [1.82, 2.24) is 0 Å². The van der Waals surface area contributed by atoms with Crippen LogP contribution in [0.5, 0.6) is 17.2 Å². The van der Waals surface area contributed by atoms with E-state index in [2.05, 4.69) is 5.73 Å². The molecule has 0 aliphatic heterocycles. The Morgan fingerprint density at radius 3 is 2.06 bits per heavy atom. The van der Waals surface area contributed by atoms with Crippen molar-refractivity contribution in [3.63, 3.8) is 0 Å². The number of ether oxygens (including phenoxy) is 3. The van der Waals surface area contributed by atoms with Gasteiger partial charge < -0.3 is 19.9 Å². The smallest absolute Gasteiger partial charge is 0.203 e. The predicted octanol–water partition coefficient (Wildman–Crippen LogP) is 1.79. The van der Waals surface area contributed by atoms with Gasteiger partial charge in [-0.3, -0.25) is 0 Å². The summed E-state index contributed by atoms with van der Waals surface area (Å²) in [5, 5.41) is 0. The van der Waals surface area contributed by atoms with Gasteiger partial charge in [0.05, 0.1) is 25.9 Å². The molecule has 4 heteroatoms. The molecule has 0 saturated carbocycles. The van der Waals surface area contributed by atoms with Crippen molar-refractivity contribution in [2.75, 3.05) is 14.2 Å². The van der Waals surface area contributed by atoms with Gasteiger partial charge in [0, 0.05) is 0 Å². The van der Waals surface area contributed by atoms with Crippen molar-refractivity contribution in [2.24, 2.45) is 0 Å². The van der Waals surface area contributed by atoms with Crippen molar-refractivity contribution in [2.45, 2.75) is 32.9 Å². The normalized spacial score (nSPS) is 12.4. The summed E-state index contributed by atoms with van der Waals surface area (Å²) in [6, 6.07) is 3.98. The lowest BCUT2D eigenvalue weighted by Crippen LogP contribution is -2.51. The summed E-state index contributed by atoms with van der Waals surface area (Å²) in [7, 11) is 3.23. The van der Waals surface area contributed by atoms with E-state index < -0.39 is 0 Å². The lowest BCUT2D eigenvalue weighted by molar-refractivity contribution is -0.420. The Labute approximate surface area is 103 Å². The van der Waals surface area contributed by atoms with Crippen LogP contribution in [0.25, 0.3) is 0 Å². The highest BCUT2D eigenvalue weighted by molar-refractivity contribution is 5.56. The molecule has 1 rings (SSSR count). The molecule has 0 spiro atoms. The van der Waals surface area contributed by atoms with Crippen LogP contribution >= 0.6 is 0 Å². The lowest BCUT2D eigenvalue weighted by Gasteiger charge is -2.19. The van der Waals surface area contributed by atoms with Crippen molar-refractivity contribution in [3.8, 4) is 17.2 Å². The summed E-state index contributed by atoms with van der Waals surface area (Å²) in [4.78, 5) is 0. The van der Waals surface area contributed by atoms with Crippen LogP contribution in [-0.4, -0.2) is 20.3 Å². The minimum atomic E-state index is 0.0773. The zero-order valence-electron chi connectivity index (χ0n) is 11.2. The van der Waals surface area contributed by atoms with E-state index in [1.807, 2.05) is 32.9 Å². The quantitative estimate of drug-likeness (QED) is 0.853. The highest BCUT2D eigenvalue weighted by atomic mass is 16.5. The van der Waals surface area contributed by atoms with Gasteiger partial charge in [0.25, 0.3) is 0 Å². The Balaban J connectivity index is 3.33. The highest BCUT2D eigenvalue weighted by Crippen LogP contribution is 2.41. The first-order valence-electron chi connectivity index (χ1n) is 5.75. The Hall–Kier alpha value is -1.42. The Bertz CT molecular complexity index is 375. The van der Waals surface area contributed by atoms with Crippen LogP contribution in [0.15, 0.2) is 12.1 Å². The zero-order chi connectivity index (χ0) is 13.0. The summed E-state index contributed by atoms with van der Waals surface area (Å²) >= 11 is 0. The second kappa shape index (κ2) is 5.77. The third-order valence-electron chi connectivity index (χ3n) is 2.41. The molecule has 4 nitrogen and oxygen atoms in total. The topological polar surface area (TPSA) is 55.3 Å². The van der Waals surface area contributed by atoms with Crippen LogP contribution in [0.2, 0.25) is 0 Å². The van der Waals surface area contributed by atoms with Crippen LogP contribution in [0.3, 0.4) is 0 Å². The summed E-state index contributed by atoms with van der Waals surface area (Å²) in [6.45, 7) is 5.99. The fourth-order valence-electron chi connectivity index (χ4n) is 1.66. The largest absolute Gasteiger partial charge is 0.493 e. The van der Waals surface area contributed by atoms with Crippen LogP contribution in [0.4, 0.5) is 0 Å². The molecule has 0 radical (unpaired) electrons. The molecule has 0 aliphatic carbocycles. The lowest BCUT2D eigenvalue weighted by atomic mass is 10.1. The third kappa shape index (κ3) is 3.03. The summed E-state index contributed by atoms with van der Waals surface area (Å²) in [6.07, 6.45) is 0.0773. The predicted molar refractivity (Wildman–Crippen MR) is 66.6 cm³/mol. The number of rotatable bonds is 5. The molecular formula is C13H22NO3+. The van der Waals surface area contributed by atoms with Gasteiger partial charge in [0.2, 0.25) is 5.75 Å². The first-order valence-corrected chi connectivity index (χ1v) is 5.75. The van der Waals surface area contributed by atoms with Crippen LogP contribution < -0.4 is 19.9 Å². The molecular weight excluding hydrogens is 218 g/mol. The number of methoxy groups -OCH3 is 2. The molecule has 1 atom stereocenters. The molecule has 0 amide bonds. The minimum Gasteiger partial charge on any atom is -0.493 e. The highest BCUT2D eigenvalue weighted by Gasteiger charge is 2.20. The molecule has 0 saturated heterocycles. The molecule has 0 aromatic heterocycles. The van der Waals surface area contributed by atoms with E-state index in [1.54, 1.807) is 14.2 Å². The Morgan fingerprint density at radius 1 is 1.00 bits per heavy atom. The first-order chi connectivity index (χ1) is 8.01. The van der Waals surface area contributed by atoms with E-state index in [1.165, 1.54) is 0 Å². The molecule has 0 unspecified atom stereocenters. The van der Waals surface area contributed by atoms with Crippen LogP contribution in [0, 0.1) is 0 Å². The van der Waals surface area contributed by atoms with E-state index in [-0.39, 0.29) is 12.1 Å². The van der Waals surface area contributed by atoms with Gasteiger partial charge in [0.15, 0.2) is 11.5 Å². The van der Waals surface area contributed by atoms with Gasteiger partial charge in [-0.15, -0.1) is 0 Å². The average molecular weight is 240 g/mol. The SMILES string of the molecule is COc1ccc([C@H](C)[NH3+])c(OC(C)C)c1OC. The molecule has 96 valence electrons. The monoisotopic (exact) mass is 240 g/mol. The van der Waals surface area contributed by atoms with E-state index in [9.17, 15) is 0 Å². The van der Waals surface area contributed by atoms with Crippen molar-refractivity contribution in [3.05, 3.63) is 17.7 Å². The second-order valence-corrected chi connectivity index (χ2v) is 4.29. The standard InChI is InChI=1S/C13H21NO3/c1-8(2)17-12-10(9(3)14)6-7-11(15-4)13(12)16-5/h6-9H,14H2,1-5H3/p+1/t9-/m0/s1. The summed E-state index contributed by atoms with van der Waals surface area (Å²) < 4.78 is 16.5. The Morgan fingerprint density at radius 2 is 1.65 bits per heavy atom. The average Bonchev–Trinajstić information content (AvgIpc) is 2.27. The van der Waals surface area contributed by atoms with Gasteiger partial charge in [-0.25, -0.2) is 0 Å². The molecule has 0 bridgehead atoms. The number of quaternary nitrogens is 1. The zero-order valence-corrected chi connectivity index (χ0v) is 11.2. The van der Waals surface area contributed by atoms with Crippen LogP contribution in [0.1, 0.15) is 32.4 Å². The molecule has 1 aromatic carbocycles. The van der Waals surface area contributed by atoms with Gasteiger partial charge in [0.1, 0.15) is 6.04 Å². The number of benzene rings is 1. The van der Waals surface area contributed by atoms with Crippen LogP contribution in [-0.2, 0) is 0 Å². The van der Waals surface area contributed by atoms with E-state index in [4.69, 9.17) is 14.2 Å². The van der Waals surface area contributed by atoms with Gasteiger partial charge in [-0.1, -0.05) is 0 Å². The second-order valence-electron chi connectivity index (χ2n) is 4.29. The molecule has 3 N–H and O–H groups in total. The van der Waals surface area contributed by atoms with Crippen molar-refractivity contribution >= 4 is 0 Å². The Kier molecular flexibility index (Phi) is 4.63. The third-order valence-corrected chi connectivity index (χ3v) is 2.41. The number of hydrogen-bond acceptors (Lipinski definition) is 3. The molecule has 1 aromatic rings. The maximum absolute atomic E-state index is 5.83.